The number of nitrogens with two attached hydrogens (primary N) is 1. The van der Waals surface area contributed by atoms with Gasteiger partial charge in [-0.3, -0.25) is 4.72 Å². The number of nitrogens with one attached hydrogen (secondary N) is 1. The van der Waals surface area contributed by atoms with E-state index >= 15 is 0 Å². The number of nitriles is 2. The number of allylic oxidation sites excluding steroid dienone is 1. The molecule has 1 aromatic rings. The first kappa shape index (κ1) is 12.6. The molecule has 0 heterocycles. The predicted octanol–water partition coefficient (Wildman–Crippen LogP) is 0.478. The molecule has 0 aliphatic heterocycles. The van der Waals surface area contributed by atoms with E-state index in [1.807, 2.05) is 4.72 Å². The lowest BCUT2D eigenvalue weighted by Gasteiger charge is -2.03. The number of hydrogen-bond acceptors (Lipinski definition) is 5. The van der Waals surface area contributed by atoms with Crippen LogP contribution in [0.4, 0.5) is 5.69 Å². The Balaban J connectivity index is 2.99. The van der Waals surface area contributed by atoms with Crippen LogP contribution in [-0.2, 0) is 10.0 Å². The molecule has 0 atom stereocenters. The molecule has 0 spiro atoms. The molecule has 0 fully saturated rings. The lowest BCUT2D eigenvalue weighted by Crippen LogP contribution is -2.18. The molecular formula is C10H8N4O2S. The van der Waals surface area contributed by atoms with Crippen LogP contribution < -0.4 is 10.5 Å². The summed E-state index contributed by atoms with van der Waals surface area (Å²) in [5.74, 6) is 0. The maximum atomic E-state index is 11.7. The molecule has 0 unspecified atom stereocenters. The molecule has 0 aromatic heterocycles. The third-order valence-corrected chi connectivity index (χ3v) is 3.11. The second-order valence-electron chi connectivity index (χ2n) is 2.97. The highest BCUT2D eigenvalue weighted by Crippen LogP contribution is 2.11. The zero-order chi connectivity index (χ0) is 12.9. The summed E-state index contributed by atoms with van der Waals surface area (Å²) < 4.78 is 25.3. The highest BCUT2D eigenvalue weighted by Gasteiger charge is 2.11. The van der Waals surface area contributed by atoms with E-state index in [9.17, 15) is 8.42 Å². The molecule has 0 saturated heterocycles. The van der Waals surface area contributed by atoms with Crippen molar-refractivity contribution < 1.29 is 8.42 Å². The normalized spacial score (nSPS) is 9.76. The van der Waals surface area contributed by atoms with Crippen molar-refractivity contribution in [2.24, 2.45) is 0 Å². The average molecular weight is 248 g/mol. The fourth-order valence-corrected chi connectivity index (χ4v) is 1.84. The van der Waals surface area contributed by atoms with Crippen LogP contribution in [0.15, 0.2) is 40.9 Å². The van der Waals surface area contributed by atoms with E-state index in [4.69, 9.17) is 16.3 Å². The van der Waals surface area contributed by atoms with E-state index in [1.165, 1.54) is 36.4 Å². The van der Waals surface area contributed by atoms with E-state index in [-0.39, 0.29) is 10.5 Å². The molecule has 7 heteroatoms. The molecule has 1 rings (SSSR count). The Bertz CT molecular complexity index is 602. The summed E-state index contributed by atoms with van der Waals surface area (Å²) in [6.07, 6.45) is 0.839. The van der Waals surface area contributed by atoms with E-state index < -0.39 is 10.0 Å². The molecule has 3 N–H and O–H groups in total. The molecule has 0 aliphatic carbocycles. The van der Waals surface area contributed by atoms with Crippen molar-refractivity contribution in [1.82, 2.24) is 4.72 Å². The highest BCUT2D eigenvalue weighted by atomic mass is 32.2. The Morgan fingerprint density at radius 1 is 1.24 bits per heavy atom. The topological polar surface area (TPSA) is 120 Å². The molecule has 0 bridgehead atoms. The van der Waals surface area contributed by atoms with Gasteiger partial charge in [0.15, 0.2) is 0 Å². The fourth-order valence-electron chi connectivity index (χ4n) is 0.941. The first-order valence-electron chi connectivity index (χ1n) is 4.38. The molecule has 0 aliphatic rings. The van der Waals surface area contributed by atoms with E-state index in [1.54, 1.807) is 0 Å². The Hall–Kier alpha value is -2.51. The Kier molecular flexibility index (Phi) is 3.70. The third kappa shape index (κ3) is 3.23. The van der Waals surface area contributed by atoms with Crippen LogP contribution >= 0.6 is 0 Å². The lowest BCUT2D eigenvalue weighted by molar-refractivity contribution is 0.590. The molecular weight excluding hydrogens is 240 g/mol. The monoisotopic (exact) mass is 248 g/mol. The largest absolute Gasteiger partial charge is 0.399 e. The summed E-state index contributed by atoms with van der Waals surface area (Å²) in [5.41, 5.74) is 5.53. The van der Waals surface area contributed by atoms with Gasteiger partial charge in [-0.1, -0.05) is 0 Å². The summed E-state index contributed by atoms with van der Waals surface area (Å²) in [4.78, 5) is -0.00169. The molecule has 0 saturated carbocycles. The number of anilines is 1. The molecule has 0 amide bonds. The van der Waals surface area contributed by atoms with Gasteiger partial charge in [0.1, 0.15) is 17.7 Å². The summed E-state index contributed by atoms with van der Waals surface area (Å²) >= 11 is 0. The quantitative estimate of drug-likeness (QED) is 0.595. The van der Waals surface area contributed by atoms with Gasteiger partial charge < -0.3 is 5.73 Å². The van der Waals surface area contributed by atoms with Gasteiger partial charge in [-0.05, 0) is 24.3 Å². The second kappa shape index (κ2) is 5.01. The third-order valence-electron chi connectivity index (χ3n) is 1.79. The standard InChI is InChI=1S/C10H8N4O2S/c11-5-8(6-12)7-14-17(15,16)10-3-1-9(13)2-4-10/h1-4,7,14H,13H2. The van der Waals surface area contributed by atoms with Crippen LogP contribution in [0.25, 0.3) is 0 Å². The SMILES string of the molecule is N#CC(C#N)=CNS(=O)(=O)c1ccc(N)cc1. The van der Waals surface area contributed by atoms with Gasteiger partial charge in [0.05, 0.1) is 4.90 Å². The van der Waals surface area contributed by atoms with Crippen molar-refractivity contribution in [3.8, 4) is 12.1 Å². The van der Waals surface area contributed by atoms with Gasteiger partial charge >= 0.3 is 0 Å². The van der Waals surface area contributed by atoms with Crippen molar-refractivity contribution in [1.29, 1.82) is 10.5 Å². The predicted molar refractivity (Wildman–Crippen MR) is 60.5 cm³/mol. The number of nitrogen functional groups attached to an aromatic ring is 1. The van der Waals surface area contributed by atoms with Gasteiger partial charge in [-0.2, -0.15) is 10.5 Å². The Labute approximate surface area is 98.6 Å². The molecule has 17 heavy (non-hydrogen) atoms. The van der Waals surface area contributed by atoms with E-state index in [0.717, 1.165) is 6.20 Å². The van der Waals surface area contributed by atoms with Crippen molar-refractivity contribution in [2.75, 3.05) is 5.73 Å². The molecule has 86 valence electrons. The first-order chi connectivity index (χ1) is 7.99. The minimum absolute atomic E-state index is 0.00169. The summed E-state index contributed by atoms with van der Waals surface area (Å²) in [7, 11) is -3.78. The first-order valence-corrected chi connectivity index (χ1v) is 5.86. The zero-order valence-electron chi connectivity index (χ0n) is 8.58. The second-order valence-corrected chi connectivity index (χ2v) is 4.69. The van der Waals surface area contributed by atoms with E-state index in [2.05, 4.69) is 0 Å². The maximum absolute atomic E-state index is 11.7. The summed E-state index contributed by atoms with van der Waals surface area (Å²) in [6, 6.07) is 8.60. The van der Waals surface area contributed by atoms with Gasteiger partial charge in [-0.25, -0.2) is 8.42 Å². The number of sulfonamides is 1. The average Bonchev–Trinajstić information content (AvgIpc) is 2.31. The van der Waals surface area contributed by atoms with Crippen molar-refractivity contribution >= 4 is 15.7 Å². The van der Waals surface area contributed by atoms with Crippen LogP contribution in [0.3, 0.4) is 0 Å². The zero-order valence-corrected chi connectivity index (χ0v) is 9.40. The highest BCUT2D eigenvalue weighted by molar-refractivity contribution is 7.89. The van der Waals surface area contributed by atoms with Crippen molar-refractivity contribution in [3.63, 3.8) is 0 Å². The number of rotatable bonds is 3. The van der Waals surface area contributed by atoms with Crippen LogP contribution in [-0.4, -0.2) is 8.42 Å². The van der Waals surface area contributed by atoms with Gasteiger partial charge in [0, 0.05) is 11.9 Å². The fraction of sp³-hybridized carbons (Fsp3) is 0. The van der Waals surface area contributed by atoms with Crippen LogP contribution in [0.1, 0.15) is 0 Å². The van der Waals surface area contributed by atoms with E-state index in [0.29, 0.717) is 5.69 Å². The van der Waals surface area contributed by atoms with Crippen LogP contribution in [0, 0.1) is 22.7 Å². The summed E-state index contributed by atoms with van der Waals surface area (Å²) in [6.45, 7) is 0. The van der Waals surface area contributed by atoms with Crippen LogP contribution in [0.2, 0.25) is 0 Å². The van der Waals surface area contributed by atoms with Crippen molar-refractivity contribution in [2.45, 2.75) is 4.90 Å². The summed E-state index contributed by atoms with van der Waals surface area (Å²) in [5, 5.41) is 16.9. The van der Waals surface area contributed by atoms with Gasteiger partial charge in [0.25, 0.3) is 10.0 Å². The minimum atomic E-state index is -3.78. The number of hydrogen-bond donors (Lipinski definition) is 2. The minimum Gasteiger partial charge on any atom is -0.399 e. The molecule has 0 radical (unpaired) electrons. The van der Waals surface area contributed by atoms with Crippen LogP contribution in [0.5, 0.6) is 0 Å². The van der Waals surface area contributed by atoms with Gasteiger partial charge in [-0.15, -0.1) is 0 Å². The number of benzene rings is 1. The molecule has 1 aromatic carbocycles. The van der Waals surface area contributed by atoms with Gasteiger partial charge in [0.2, 0.25) is 0 Å². The Morgan fingerprint density at radius 3 is 2.24 bits per heavy atom. The smallest absolute Gasteiger partial charge is 0.261 e. The lowest BCUT2D eigenvalue weighted by atomic mass is 10.3. The number of nitrogens with zero attached hydrogens (tertiary/aromatic N) is 2. The molecule has 6 nitrogen and oxygen atoms in total. The Morgan fingerprint density at radius 2 is 1.76 bits per heavy atom. The van der Waals surface area contributed by atoms with Crippen molar-refractivity contribution in [3.05, 3.63) is 36.0 Å². The maximum Gasteiger partial charge on any atom is 0.261 e.